The molecule has 0 bridgehead atoms. The van der Waals surface area contributed by atoms with Gasteiger partial charge in [-0.3, -0.25) is 19.8 Å². The number of hydrogen-bond acceptors (Lipinski definition) is 4. The van der Waals surface area contributed by atoms with Crippen LogP contribution in [0, 0.1) is 0 Å². The van der Waals surface area contributed by atoms with Crippen LogP contribution in [0.4, 0.5) is 0 Å². The Bertz CT molecular complexity index is 263. The normalized spacial score (nSPS) is 20.6. The zero-order valence-electron chi connectivity index (χ0n) is 7.36. The lowest BCUT2D eigenvalue weighted by Gasteiger charge is -2.38. The summed E-state index contributed by atoms with van der Waals surface area (Å²) in [6.45, 7) is 2.52. The lowest BCUT2D eigenvalue weighted by atomic mass is 10.2. The minimum absolute atomic E-state index is 0.125. The lowest BCUT2D eigenvalue weighted by molar-refractivity contribution is -0.191. The van der Waals surface area contributed by atoms with E-state index in [2.05, 4.69) is 5.43 Å². The molecule has 1 N–H and O–H groups in total. The number of nitrogens with zero attached hydrogens (tertiary/aromatic N) is 1. The fourth-order valence-corrected chi connectivity index (χ4v) is 0.977. The van der Waals surface area contributed by atoms with E-state index in [1.165, 1.54) is 13.8 Å². The summed E-state index contributed by atoms with van der Waals surface area (Å²) in [6.07, 6.45) is -0.520. The van der Waals surface area contributed by atoms with Crippen LogP contribution in [0.5, 0.6) is 0 Å². The van der Waals surface area contributed by atoms with Gasteiger partial charge in [-0.05, 0) is 0 Å². The van der Waals surface area contributed by atoms with Crippen LogP contribution >= 0.6 is 0 Å². The standard InChI is InChI=1S/C7H10N2O4/c1-4(10)8-9-6(12)3-7(9)13-5(2)11/h7H,3H2,1-2H3,(H,8,10). The number of nitrogens with one attached hydrogen (secondary N) is 1. The first-order valence-electron chi connectivity index (χ1n) is 3.77. The van der Waals surface area contributed by atoms with Crippen LogP contribution in [0.1, 0.15) is 20.3 Å². The highest BCUT2D eigenvalue weighted by Gasteiger charge is 2.39. The van der Waals surface area contributed by atoms with E-state index in [-0.39, 0.29) is 18.2 Å². The molecule has 0 aromatic rings. The van der Waals surface area contributed by atoms with E-state index in [1.54, 1.807) is 0 Å². The SMILES string of the molecule is CC(=O)NN1C(=O)CC1OC(C)=O. The fraction of sp³-hybridized carbons (Fsp3) is 0.571. The van der Waals surface area contributed by atoms with Crippen LogP contribution in [0.25, 0.3) is 0 Å². The van der Waals surface area contributed by atoms with Crippen molar-refractivity contribution in [1.82, 2.24) is 10.4 Å². The van der Waals surface area contributed by atoms with Crippen molar-refractivity contribution >= 4 is 17.8 Å². The second-order valence-electron chi connectivity index (χ2n) is 2.70. The van der Waals surface area contributed by atoms with Crippen molar-refractivity contribution in [2.24, 2.45) is 0 Å². The first-order valence-corrected chi connectivity index (χ1v) is 3.77. The van der Waals surface area contributed by atoms with Crippen molar-refractivity contribution in [3.05, 3.63) is 0 Å². The monoisotopic (exact) mass is 186 g/mol. The van der Waals surface area contributed by atoms with Gasteiger partial charge >= 0.3 is 5.97 Å². The highest BCUT2D eigenvalue weighted by molar-refractivity contribution is 5.86. The summed E-state index contributed by atoms with van der Waals surface area (Å²) in [4.78, 5) is 32.0. The minimum Gasteiger partial charge on any atom is -0.439 e. The fourth-order valence-electron chi connectivity index (χ4n) is 0.977. The highest BCUT2D eigenvalue weighted by atomic mass is 16.6. The van der Waals surface area contributed by atoms with Crippen LogP contribution in [-0.4, -0.2) is 29.0 Å². The van der Waals surface area contributed by atoms with Gasteiger partial charge in [0.1, 0.15) is 0 Å². The maximum atomic E-state index is 10.9. The molecule has 72 valence electrons. The molecule has 0 aromatic heterocycles. The smallest absolute Gasteiger partial charge is 0.304 e. The molecule has 0 aromatic carbocycles. The van der Waals surface area contributed by atoms with Gasteiger partial charge in [-0.2, -0.15) is 0 Å². The Balaban J connectivity index is 2.46. The minimum atomic E-state index is -0.645. The van der Waals surface area contributed by atoms with Crippen molar-refractivity contribution in [1.29, 1.82) is 0 Å². The zero-order valence-corrected chi connectivity index (χ0v) is 7.36. The predicted molar refractivity (Wildman–Crippen MR) is 40.8 cm³/mol. The summed E-state index contributed by atoms with van der Waals surface area (Å²) >= 11 is 0. The van der Waals surface area contributed by atoms with Crippen molar-refractivity contribution < 1.29 is 19.1 Å². The number of carbonyl (C=O) groups is 3. The van der Waals surface area contributed by atoms with E-state index in [9.17, 15) is 14.4 Å². The van der Waals surface area contributed by atoms with Gasteiger partial charge < -0.3 is 4.74 Å². The Morgan fingerprint density at radius 1 is 1.54 bits per heavy atom. The van der Waals surface area contributed by atoms with Gasteiger partial charge in [0.15, 0.2) is 0 Å². The van der Waals surface area contributed by atoms with Gasteiger partial charge in [0.2, 0.25) is 18.0 Å². The molecular weight excluding hydrogens is 176 g/mol. The molecule has 0 spiro atoms. The number of β-lactam (4-membered cyclic amide) rings is 1. The molecule has 1 rings (SSSR count). The van der Waals surface area contributed by atoms with Gasteiger partial charge in [-0.15, -0.1) is 0 Å². The number of carbonyl (C=O) groups excluding carboxylic acids is 3. The molecule has 6 nitrogen and oxygen atoms in total. The van der Waals surface area contributed by atoms with Gasteiger partial charge in [-0.25, -0.2) is 5.01 Å². The average molecular weight is 186 g/mol. The molecule has 2 amide bonds. The molecule has 1 atom stereocenters. The summed E-state index contributed by atoms with van der Waals surface area (Å²) in [5, 5.41) is 1.00. The second-order valence-corrected chi connectivity index (χ2v) is 2.70. The number of rotatable bonds is 2. The summed E-state index contributed by atoms with van der Waals surface area (Å²) < 4.78 is 4.72. The molecule has 0 aliphatic carbocycles. The zero-order chi connectivity index (χ0) is 10.0. The number of amides is 2. The Morgan fingerprint density at radius 2 is 2.15 bits per heavy atom. The van der Waals surface area contributed by atoms with Gasteiger partial charge in [-0.1, -0.05) is 0 Å². The van der Waals surface area contributed by atoms with Crippen molar-refractivity contribution in [3.63, 3.8) is 0 Å². The van der Waals surface area contributed by atoms with Crippen LogP contribution in [0.2, 0.25) is 0 Å². The number of hydrogen-bond donors (Lipinski definition) is 1. The van der Waals surface area contributed by atoms with Gasteiger partial charge in [0.25, 0.3) is 0 Å². The van der Waals surface area contributed by atoms with Crippen molar-refractivity contribution in [3.8, 4) is 0 Å². The van der Waals surface area contributed by atoms with Crippen LogP contribution in [-0.2, 0) is 19.1 Å². The maximum Gasteiger partial charge on any atom is 0.304 e. The van der Waals surface area contributed by atoms with E-state index >= 15 is 0 Å². The first-order chi connectivity index (χ1) is 6.00. The third-order valence-electron chi connectivity index (χ3n) is 1.49. The van der Waals surface area contributed by atoms with E-state index in [4.69, 9.17) is 4.74 Å². The highest BCUT2D eigenvalue weighted by Crippen LogP contribution is 2.17. The van der Waals surface area contributed by atoms with E-state index < -0.39 is 12.2 Å². The van der Waals surface area contributed by atoms with Crippen LogP contribution in [0.3, 0.4) is 0 Å². The van der Waals surface area contributed by atoms with E-state index in [1.807, 2.05) is 0 Å². The number of hydrazine groups is 1. The molecule has 1 saturated heterocycles. The number of ether oxygens (including phenoxy) is 1. The van der Waals surface area contributed by atoms with Crippen LogP contribution in [0.15, 0.2) is 0 Å². The topological polar surface area (TPSA) is 75.7 Å². The van der Waals surface area contributed by atoms with E-state index in [0.717, 1.165) is 5.01 Å². The number of esters is 1. The molecule has 1 aliphatic rings. The Hall–Kier alpha value is -1.59. The Labute approximate surface area is 74.8 Å². The molecular formula is C7H10N2O4. The molecule has 0 radical (unpaired) electrons. The molecule has 1 fully saturated rings. The summed E-state index contributed by atoms with van der Waals surface area (Å²) in [5.74, 6) is -1.11. The van der Waals surface area contributed by atoms with Crippen molar-refractivity contribution in [2.75, 3.05) is 0 Å². The largest absolute Gasteiger partial charge is 0.439 e. The molecule has 1 unspecified atom stereocenters. The molecule has 6 heteroatoms. The van der Waals surface area contributed by atoms with Gasteiger partial charge in [0.05, 0.1) is 6.42 Å². The Morgan fingerprint density at radius 3 is 2.54 bits per heavy atom. The summed E-state index contributed by atoms with van der Waals surface area (Å²) in [6, 6.07) is 0. The van der Waals surface area contributed by atoms with Crippen LogP contribution < -0.4 is 5.43 Å². The summed E-state index contributed by atoms with van der Waals surface area (Å²) in [7, 11) is 0. The Kier molecular flexibility index (Phi) is 2.50. The molecule has 0 saturated carbocycles. The predicted octanol–water partition coefficient (Wildman–Crippen LogP) is -0.841. The van der Waals surface area contributed by atoms with Gasteiger partial charge in [0, 0.05) is 13.8 Å². The van der Waals surface area contributed by atoms with Crippen molar-refractivity contribution in [2.45, 2.75) is 26.5 Å². The average Bonchev–Trinajstić information content (AvgIpc) is 1.99. The summed E-state index contributed by atoms with van der Waals surface area (Å²) in [5.41, 5.74) is 2.25. The molecule has 1 heterocycles. The third kappa shape index (κ3) is 2.17. The van der Waals surface area contributed by atoms with E-state index in [0.29, 0.717) is 0 Å². The third-order valence-corrected chi connectivity index (χ3v) is 1.49. The maximum absolute atomic E-state index is 10.9. The first kappa shape index (κ1) is 9.50. The molecule has 1 aliphatic heterocycles. The molecule has 13 heavy (non-hydrogen) atoms. The quantitative estimate of drug-likeness (QED) is 0.450. The second kappa shape index (κ2) is 3.42. The lowest BCUT2D eigenvalue weighted by Crippen LogP contribution is -2.61.